The second-order valence-corrected chi connectivity index (χ2v) is 7.61. The van der Waals surface area contributed by atoms with Crippen molar-refractivity contribution in [3.63, 3.8) is 0 Å². The molecule has 6 heteroatoms. The first kappa shape index (κ1) is 21.6. The first-order valence-corrected chi connectivity index (χ1v) is 10.2. The number of carbonyl (C=O) groups excluding carboxylic acids is 2. The van der Waals surface area contributed by atoms with Gasteiger partial charge in [0, 0.05) is 0 Å². The van der Waals surface area contributed by atoms with Crippen molar-refractivity contribution in [3.05, 3.63) is 82.8 Å². The Balaban J connectivity index is 1.55. The number of carbonyl (C=O) groups is 2. The molecule has 154 valence electrons. The zero-order chi connectivity index (χ0) is 21.5. The third-order valence-electron chi connectivity index (χ3n) is 4.05. The number of esters is 2. The third kappa shape index (κ3) is 5.94. The molecule has 0 amide bonds. The highest BCUT2D eigenvalue weighted by Crippen LogP contribution is 2.30. The molecule has 0 aliphatic rings. The third-order valence-corrected chi connectivity index (χ3v) is 4.67. The van der Waals surface area contributed by atoms with Gasteiger partial charge in [0.25, 0.3) is 0 Å². The summed E-state index contributed by atoms with van der Waals surface area (Å²) < 4.78 is 16.7. The van der Waals surface area contributed by atoms with Crippen LogP contribution in [0, 0.1) is 0 Å². The van der Waals surface area contributed by atoms with E-state index in [1.54, 1.807) is 44.2 Å². The molecule has 0 atom stereocenters. The second kappa shape index (κ2) is 10.1. The summed E-state index contributed by atoms with van der Waals surface area (Å²) in [7, 11) is 0. The standard InChI is InChI=1S/C24H21BrO5/c1-16(2)29-24(27)18-8-11-20(12-9-18)30-23(26)15-28-22-13-10-19(14-21(22)25)17-6-4-3-5-7-17/h3-14,16H,15H2,1-2H3. The lowest BCUT2D eigenvalue weighted by Crippen LogP contribution is -2.18. The Kier molecular flexibility index (Phi) is 7.25. The Labute approximate surface area is 183 Å². The normalized spacial score (nSPS) is 10.5. The van der Waals surface area contributed by atoms with E-state index in [0.717, 1.165) is 15.6 Å². The van der Waals surface area contributed by atoms with Gasteiger partial charge in [-0.05, 0) is 77.3 Å². The molecule has 0 radical (unpaired) electrons. The quantitative estimate of drug-likeness (QED) is 0.330. The molecule has 0 saturated carbocycles. The lowest BCUT2D eigenvalue weighted by Gasteiger charge is -2.10. The van der Waals surface area contributed by atoms with Crippen LogP contribution in [0.5, 0.6) is 11.5 Å². The lowest BCUT2D eigenvalue weighted by atomic mass is 10.1. The molecule has 0 fully saturated rings. The predicted octanol–water partition coefficient (Wildman–Crippen LogP) is 5.67. The van der Waals surface area contributed by atoms with Crippen LogP contribution in [0.4, 0.5) is 0 Å². The Hall–Kier alpha value is -3.12. The Morgan fingerprint density at radius 2 is 1.60 bits per heavy atom. The van der Waals surface area contributed by atoms with Gasteiger partial charge in [-0.2, -0.15) is 0 Å². The molecule has 0 aliphatic heterocycles. The van der Waals surface area contributed by atoms with Crippen LogP contribution in [-0.4, -0.2) is 24.6 Å². The highest BCUT2D eigenvalue weighted by Gasteiger charge is 2.12. The van der Waals surface area contributed by atoms with Crippen LogP contribution in [0.3, 0.4) is 0 Å². The maximum Gasteiger partial charge on any atom is 0.349 e. The molecular weight excluding hydrogens is 448 g/mol. The van der Waals surface area contributed by atoms with Gasteiger partial charge in [0.15, 0.2) is 6.61 Å². The summed E-state index contributed by atoms with van der Waals surface area (Å²) in [4.78, 5) is 23.9. The van der Waals surface area contributed by atoms with Gasteiger partial charge in [-0.1, -0.05) is 36.4 Å². The van der Waals surface area contributed by atoms with E-state index >= 15 is 0 Å². The summed E-state index contributed by atoms with van der Waals surface area (Å²) >= 11 is 3.48. The number of hydrogen-bond acceptors (Lipinski definition) is 5. The minimum Gasteiger partial charge on any atom is -0.481 e. The van der Waals surface area contributed by atoms with Crippen molar-refractivity contribution < 1.29 is 23.8 Å². The molecule has 3 rings (SSSR count). The summed E-state index contributed by atoms with van der Waals surface area (Å²) in [6.45, 7) is 3.31. The molecule has 0 heterocycles. The zero-order valence-electron chi connectivity index (χ0n) is 16.6. The summed E-state index contributed by atoms with van der Waals surface area (Å²) in [5.74, 6) is -0.108. The van der Waals surface area contributed by atoms with Crippen LogP contribution < -0.4 is 9.47 Å². The fourth-order valence-corrected chi connectivity index (χ4v) is 3.16. The van der Waals surface area contributed by atoms with Crippen molar-refractivity contribution in [1.29, 1.82) is 0 Å². The minimum absolute atomic E-state index is 0.201. The van der Waals surface area contributed by atoms with Gasteiger partial charge in [0.2, 0.25) is 0 Å². The Morgan fingerprint density at radius 3 is 2.23 bits per heavy atom. The van der Waals surface area contributed by atoms with E-state index in [1.165, 1.54) is 0 Å². The van der Waals surface area contributed by atoms with Gasteiger partial charge in [0.05, 0.1) is 16.1 Å². The van der Waals surface area contributed by atoms with Crippen molar-refractivity contribution in [1.82, 2.24) is 0 Å². The second-order valence-electron chi connectivity index (χ2n) is 6.75. The average Bonchev–Trinajstić information content (AvgIpc) is 2.73. The smallest absolute Gasteiger partial charge is 0.349 e. The Morgan fingerprint density at radius 1 is 0.900 bits per heavy atom. The van der Waals surface area contributed by atoms with Gasteiger partial charge < -0.3 is 14.2 Å². The number of halogens is 1. The molecule has 5 nitrogen and oxygen atoms in total. The van der Waals surface area contributed by atoms with Gasteiger partial charge in [-0.25, -0.2) is 9.59 Å². The van der Waals surface area contributed by atoms with E-state index in [9.17, 15) is 9.59 Å². The van der Waals surface area contributed by atoms with Crippen LogP contribution in [0.15, 0.2) is 77.3 Å². The van der Waals surface area contributed by atoms with E-state index in [0.29, 0.717) is 17.1 Å². The highest BCUT2D eigenvalue weighted by molar-refractivity contribution is 9.10. The van der Waals surface area contributed by atoms with Gasteiger partial charge in [-0.15, -0.1) is 0 Å². The molecular formula is C24H21BrO5. The number of benzene rings is 3. The number of rotatable bonds is 7. The number of hydrogen-bond donors (Lipinski definition) is 0. The zero-order valence-corrected chi connectivity index (χ0v) is 18.2. The molecule has 0 N–H and O–H groups in total. The fraction of sp³-hybridized carbons (Fsp3) is 0.167. The largest absolute Gasteiger partial charge is 0.481 e. The van der Waals surface area contributed by atoms with E-state index in [1.807, 2.05) is 42.5 Å². The lowest BCUT2D eigenvalue weighted by molar-refractivity contribution is -0.136. The van der Waals surface area contributed by atoms with Crippen LogP contribution in [0.2, 0.25) is 0 Å². The maximum atomic E-state index is 12.1. The highest BCUT2D eigenvalue weighted by atomic mass is 79.9. The van der Waals surface area contributed by atoms with Crippen LogP contribution in [0.1, 0.15) is 24.2 Å². The van der Waals surface area contributed by atoms with Crippen molar-refractivity contribution >= 4 is 27.9 Å². The SMILES string of the molecule is CC(C)OC(=O)c1ccc(OC(=O)COc2ccc(-c3ccccc3)cc2Br)cc1. The van der Waals surface area contributed by atoms with Gasteiger partial charge in [0.1, 0.15) is 11.5 Å². The van der Waals surface area contributed by atoms with Crippen molar-refractivity contribution in [2.24, 2.45) is 0 Å². The van der Waals surface area contributed by atoms with E-state index in [4.69, 9.17) is 14.2 Å². The minimum atomic E-state index is -0.549. The Bertz CT molecular complexity index is 1010. The van der Waals surface area contributed by atoms with Gasteiger partial charge >= 0.3 is 11.9 Å². The fourth-order valence-electron chi connectivity index (χ4n) is 2.67. The molecule has 3 aromatic rings. The molecule has 0 aromatic heterocycles. The molecule has 0 spiro atoms. The van der Waals surface area contributed by atoms with Crippen LogP contribution in [-0.2, 0) is 9.53 Å². The van der Waals surface area contributed by atoms with E-state index < -0.39 is 11.9 Å². The van der Waals surface area contributed by atoms with Crippen molar-refractivity contribution in [2.45, 2.75) is 20.0 Å². The summed E-state index contributed by atoms with van der Waals surface area (Å²) in [5.41, 5.74) is 2.51. The average molecular weight is 469 g/mol. The summed E-state index contributed by atoms with van der Waals surface area (Å²) in [6.07, 6.45) is -0.201. The van der Waals surface area contributed by atoms with Gasteiger partial charge in [-0.3, -0.25) is 0 Å². The van der Waals surface area contributed by atoms with Crippen molar-refractivity contribution in [3.8, 4) is 22.6 Å². The molecule has 3 aromatic carbocycles. The van der Waals surface area contributed by atoms with Crippen molar-refractivity contribution in [2.75, 3.05) is 6.61 Å². The monoisotopic (exact) mass is 468 g/mol. The predicted molar refractivity (Wildman–Crippen MR) is 118 cm³/mol. The molecule has 0 unspecified atom stereocenters. The topological polar surface area (TPSA) is 61.8 Å². The van der Waals surface area contributed by atoms with E-state index in [-0.39, 0.29) is 12.7 Å². The maximum absolute atomic E-state index is 12.1. The summed E-state index contributed by atoms with van der Waals surface area (Å²) in [5, 5.41) is 0. The summed E-state index contributed by atoms with van der Waals surface area (Å²) in [6, 6.07) is 21.8. The molecule has 0 aliphatic carbocycles. The first-order chi connectivity index (χ1) is 14.4. The van der Waals surface area contributed by atoms with Crippen LogP contribution in [0.25, 0.3) is 11.1 Å². The first-order valence-electron chi connectivity index (χ1n) is 9.42. The van der Waals surface area contributed by atoms with E-state index in [2.05, 4.69) is 15.9 Å². The molecule has 0 bridgehead atoms. The molecule has 30 heavy (non-hydrogen) atoms. The molecule has 0 saturated heterocycles. The number of ether oxygens (including phenoxy) is 3. The van der Waals surface area contributed by atoms with Crippen LogP contribution >= 0.6 is 15.9 Å².